The van der Waals surface area contributed by atoms with E-state index < -0.39 is 23.9 Å². The van der Waals surface area contributed by atoms with Gasteiger partial charge in [-0.1, -0.05) is 18.2 Å². The van der Waals surface area contributed by atoms with E-state index in [1.165, 1.54) is 6.92 Å². The Morgan fingerprint density at radius 1 is 1.07 bits per heavy atom. The molecule has 2 rings (SSSR count). The molecule has 0 radical (unpaired) electrons. The van der Waals surface area contributed by atoms with Crippen LogP contribution in [-0.2, 0) is 14.3 Å². The highest BCUT2D eigenvalue weighted by Crippen LogP contribution is 2.22. The molecular weight excluding hydrogens is 360 g/mol. The Labute approximate surface area is 164 Å². The topological polar surface area (TPSA) is 97.5 Å². The van der Waals surface area contributed by atoms with Gasteiger partial charge in [0.1, 0.15) is 5.69 Å². The van der Waals surface area contributed by atoms with Gasteiger partial charge in [0, 0.05) is 11.4 Å². The SMILES string of the molecule is CCOC(=O)c1[nH]c(C)c(C(=O)O[C@@H](C)C(=O)Nc2c(C)cccc2C)c1C. The van der Waals surface area contributed by atoms with Crippen LogP contribution in [0.25, 0.3) is 0 Å². The summed E-state index contributed by atoms with van der Waals surface area (Å²) in [6.45, 7) is 10.5. The van der Waals surface area contributed by atoms with E-state index in [1.54, 1.807) is 20.8 Å². The Balaban J connectivity index is 2.14. The monoisotopic (exact) mass is 386 g/mol. The molecule has 0 saturated carbocycles. The third-order valence-corrected chi connectivity index (χ3v) is 4.50. The number of aryl methyl sites for hydroxylation is 3. The summed E-state index contributed by atoms with van der Waals surface area (Å²) in [5, 5.41) is 2.81. The van der Waals surface area contributed by atoms with Crippen molar-refractivity contribution in [2.75, 3.05) is 11.9 Å². The average molecular weight is 386 g/mol. The standard InChI is InChI=1S/C21H26N2O5/c1-7-27-21(26)18-13(4)16(14(5)22-18)20(25)28-15(6)19(24)23-17-11(2)9-8-10-12(17)3/h8-10,15,22H,7H2,1-6H3,(H,23,24)/t15-/m0/s1. The summed E-state index contributed by atoms with van der Waals surface area (Å²) in [6.07, 6.45) is -1.01. The number of aromatic nitrogens is 1. The summed E-state index contributed by atoms with van der Waals surface area (Å²) >= 11 is 0. The smallest absolute Gasteiger partial charge is 0.355 e. The first kappa shape index (κ1) is 21.2. The van der Waals surface area contributed by atoms with E-state index in [0.29, 0.717) is 16.9 Å². The lowest BCUT2D eigenvalue weighted by molar-refractivity contribution is -0.123. The van der Waals surface area contributed by atoms with Crippen LogP contribution in [0.5, 0.6) is 0 Å². The normalized spacial score (nSPS) is 11.6. The van der Waals surface area contributed by atoms with Gasteiger partial charge in [0.2, 0.25) is 0 Å². The van der Waals surface area contributed by atoms with Crippen molar-refractivity contribution in [3.63, 3.8) is 0 Å². The van der Waals surface area contributed by atoms with Gasteiger partial charge in [-0.05, 0) is 58.2 Å². The molecule has 2 aromatic rings. The molecule has 0 fully saturated rings. The molecule has 1 aromatic carbocycles. The van der Waals surface area contributed by atoms with E-state index in [-0.39, 0.29) is 17.9 Å². The van der Waals surface area contributed by atoms with Crippen molar-refractivity contribution in [3.8, 4) is 0 Å². The molecule has 1 aromatic heterocycles. The van der Waals surface area contributed by atoms with E-state index in [2.05, 4.69) is 10.3 Å². The highest BCUT2D eigenvalue weighted by atomic mass is 16.5. The minimum Gasteiger partial charge on any atom is -0.461 e. The fourth-order valence-electron chi connectivity index (χ4n) is 2.97. The van der Waals surface area contributed by atoms with E-state index in [0.717, 1.165) is 11.1 Å². The van der Waals surface area contributed by atoms with Gasteiger partial charge < -0.3 is 19.8 Å². The van der Waals surface area contributed by atoms with Crippen LogP contribution in [-0.4, -0.2) is 35.5 Å². The highest BCUT2D eigenvalue weighted by molar-refractivity contribution is 6.01. The van der Waals surface area contributed by atoms with Gasteiger partial charge in [-0.25, -0.2) is 9.59 Å². The molecule has 7 nitrogen and oxygen atoms in total. The third kappa shape index (κ3) is 4.42. The van der Waals surface area contributed by atoms with Crippen molar-refractivity contribution in [2.45, 2.75) is 47.6 Å². The largest absolute Gasteiger partial charge is 0.461 e. The molecule has 28 heavy (non-hydrogen) atoms. The number of rotatable bonds is 6. The van der Waals surface area contributed by atoms with Gasteiger partial charge in [0.05, 0.1) is 12.2 Å². The summed E-state index contributed by atoms with van der Waals surface area (Å²) in [5.41, 5.74) is 3.89. The van der Waals surface area contributed by atoms with Crippen molar-refractivity contribution in [1.82, 2.24) is 4.98 Å². The van der Waals surface area contributed by atoms with Crippen LogP contribution < -0.4 is 5.32 Å². The molecule has 0 spiro atoms. The summed E-state index contributed by atoms with van der Waals surface area (Å²) in [5.74, 6) is -1.64. The van der Waals surface area contributed by atoms with Crippen molar-refractivity contribution in [1.29, 1.82) is 0 Å². The van der Waals surface area contributed by atoms with Crippen LogP contribution >= 0.6 is 0 Å². The summed E-state index contributed by atoms with van der Waals surface area (Å²) in [4.78, 5) is 39.9. The molecule has 1 atom stereocenters. The number of hydrogen-bond donors (Lipinski definition) is 2. The van der Waals surface area contributed by atoms with Crippen molar-refractivity contribution in [3.05, 3.63) is 51.8 Å². The van der Waals surface area contributed by atoms with Gasteiger partial charge >= 0.3 is 11.9 Å². The van der Waals surface area contributed by atoms with E-state index in [1.807, 2.05) is 32.0 Å². The Bertz CT molecular complexity index is 894. The highest BCUT2D eigenvalue weighted by Gasteiger charge is 2.27. The van der Waals surface area contributed by atoms with Crippen molar-refractivity contribution < 1.29 is 23.9 Å². The number of carbonyl (C=O) groups is 3. The fraction of sp³-hybridized carbons (Fsp3) is 0.381. The molecule has 0 unspecified atom stereocenters. The molecule has 0 bridgehead atoms. The molecule has 150 valence electrons. The zero-order valence-corrected chi connectivity index (χ0v) is 17.1. The second kappa shape index (κ2) is 8.73. The van der Waals surface area contributed by atoms with Gasteiger partial charge in [0.25, 0.3) is 5.91 Å². The number of aromatic amines is 1. The third-order valence-electron chi connectivity index (χ3n) is 4.50. The maximum absolute atomic E-state index is 12.6. The van der Waals surface area contributed by atoms with Crippen LogP contribution in [0.3, 0.4) is 0 Å². The van der Waals surface area contributed by atoms with Gasteiger partial charge in [0.15, 0.2) is 6.10 Å². The number of ether oxygens (including phenoxy) is 2. The molecule has 1 heterocycles. The number of amides is 1. The van der Waals surface area contributed by atoms with Crippen LogP contribution in [0.15, 0.2) is 18.2 Å². The molecule has 2 N–H and O–H groups in total. The number of esters is 2. The van der Waals surface area contributed by atoms with Crippen LogP contribution in [0.1, 0.15) is 57.1 Å². The fourth-order valence-corrected chi connectivity index (χ4v) is 2.97. The van der Waals surface area contributed by atoms with Gasteiger partial charge in [-0.3, -0.25) is 4.79 Å². The van der Waals surface area contributed by atoms with Crippen molar-refractivity contribution >= 4 is 23.5 Å². The Morgan fingerprint density at radius 2 is 1.68 bits per heavy atom. The number of nitrogens with one attached hydrogen (secondary N) is 2. The Morgan fingerprint density at radius 3 is 2.25 bits per heavy atom. The zero-order chi connectivity index (χ0) is 21.0. The first-order valence-electron chi connectivity index (χ1n) is 9.11. The maximum Gasteiger partial charge on any atom is 0.355 e. The number of benzene rings is 1. The second-order valence-electron chi connectivity index (χ2n) is 6.65. The predicted octanol–water partition coefficient (Wildman–Crippen LogP) is 3.61. The Kier molecular flexibility index (Phi) is 6.62. The summed E-state index contributed by atoms with van der Waals surface area (Å²) in [7, 11) is 0. The quantitative estimate of drug-likeness (QED) is 0.739. The summed E-state index contributed by atoms with van der Waals surface area (Å²) < 4.78 is 10.3. The summed E-state index contributed by atoms with van der Waals surface area (Å²) in [6, 6.07) is 5.69. The first-order chi connectivity index (χ1) is 13.2. The molecule has 0 aliphatic heterocycles. The molecular formula is C21H26N2O5. The van der Waals surface area contributed by atoms with E-state index in [4.69, 9.17) is 9.47 Å². The van der Waals surface area contributed by atoms with Crippen LogP contribution in [0.4, 0.5) is 5.69 Å². The molecule has 0 aliphatic rings. The number of para-hydroxylation sites is 1. The number of anilines is 1. The predicted molar refractivity (Wildman–Crippen MR) is 106 cm³/mol. The zero-order valence-electron chi connectivity index (χ0n) is 17.1. The molecule has 1 amide bonds. The maximum atomic E-state index is 12.6. The van der Waals surface area contributed by atoms with E-state index >= 15 is 0 Å². The van der Waals surface area contributed by atoms with Gasteiger partial charge in [-0.15, -0.1) is 0 Å². The lowest BCUT2D eigenvalue weighted by Gasteiger charge is -2.16. The minimum absolute atomic E-state index is 0.207. The number of H-pyrrole nitrogens is 1. The molecule has 7 heteroatoms. The van der Waals surface area contributed by atoms with Gasteiger partial charge in [-0.2, -0.15) is 0 Å². The molecule has 0 saturated heterocycles. The molecule has 0 aliphatic carbocycles. The number of hydrogen-bond acceptors (Lipinski definition) is 5. The van der Waals surface area contributed by atoms with Crippen LogP contribution in [0.2, 0.25) is 0 Å². The lowest BCUT2D eigenvalue weighted by Crippen LogP contribution is -2.30. The lowest BCUT2D eigenvalue weighted by atomic mass is 10.1. The van der Waals surface area contributed by atoms with Crippen LogP contribution in [0, 0.1) is 27.7 Å². The Hall–Kier alpha value is -3.09. The number of carbonyl (C=O) groups excluding carboxylic acids is 3. The minimum atomic E-state index is -1.01. The van der Waals surface area contributed by atoms with E-state index in [9.17, 15) is 14.4 Å². The second-order valence-corrected chi connectivity index (χ2v) is 6.65. The van der Waals surface area contributed by atoms with Crippen molar-refractivity contribution in [2.24, 2.45) is 0 Å². The average Bonchev–Trinajstić information content (AvgIpc) is 2.92. The first-order valence-corrected chi connectivity index (χ1v) is 9.11.